The number of carbonyl (C=O) groups excluding carboxylic acids is 1. The van der Waals surface area contributed by atoms with Crippen molar-refractivity contribution in [2.45, 2.75) is 13.1 Å². The number of quaternary nitrogens is 1. The number of aliphatic hydroxyl groups excluding tert-OH is 1. The van der Waals surface area contributed by atoms with Crippen molar-refractivity contribution in [2.75, 3.05) is 19.0 Å². The number of carbonyl (C=O) groups is 1. The summed E-state index contributed by atoms with van der Waals surface area (Å²) < 4.78 is -0.0628. The Labute approximate surface area is 164 Å². The van der Waals surface area contributed by atoms with Crippen molar-refractivity contribution in [2.24, 2.45) is 0 Å². The van der Waals surface area contributed by atoms with Gasteiger partial charge in [0, 0.05) is 11.9 Å². The molecule has 0 radical (unpaired) electrons. The van der Waals surface area contributed by atoms with Crippen LogP contribution in [0.2, 0.25) is 10.0 Å². The summed E-state index contributed by atoms with van der Waals surface area (Å²) in [4.78, 5) is 21.9. The van der Waals surface area contributed by atoms with Gasteiger partial charge in [0.25, 0.3) is 0 Å². The molecule has 0 saturated carbocycles. The van der Waals surface area contributed by atoms with Gasteiger partial charge in [0.05, 0.1) is 16.1 Å². The highest BCUT2D eigenvalue weighted by Gasteiger charge is 2.35. The molecule has 3 N–H and O–H groups in total. The number of anilines is 1. The van der Waals surface area contributed by atoms with E-state index in [-0.39, 0.29) is 16.6 Å². The summed E-state index contributed by atoms with van der Waals surface area (Å²) in [5, 5.41) is 18.4. The minimum Gasteiger partial charge on any atom is -0.465 e. The van der Waals surface area contributed by atoms with Gasteiger partial charge in [0.2, 0.25) is 0 Å². The Morgan fingerprint density at radius 1 is 1.42 bits per heavy atom. The highest BCUT2D eigenvalue weighted by molar-refractivity contribution is 7.13. The minimum absolute atomic E-state index is 0.0628. The molecule has 1 aromatic carbocycles. The molecular weight excluding hydrogens is 399 g/mol. The normalized spacial score (nSPS) is 19.3. The van der Waals surface area contributed by atoms with Crippen LogP contribution in [0, 0.1) is 0 Å². The van der Waals surface area contributed by atoms with E-state index in [4.69, 9.17) is 28.0 Å². The third-order valence-corrected chi connectivity index (χ3v) is 5.33. The van der Waals surface area contributed by atoms with Gasteiger partial charge in [-0.2, -0.15) is 4.84 Å². The molecule has 3 rings (SSSR count). The lowest BCUT2D eigenvalue weighted by atomic mass is 10.2. The van der Waals surface area contributed by atoms with Gasteiger partial charge in [0.1, 0.15) is 19.3 Å². The maximum Gasteiger partial charge on any atom is 0.321 e. The van der Waals surface area contributed by atoms with Gasteiger partial charge >= 0.3 is 11.9 Å². The second-order valence-corrected chi connectivity index (χ2v) is 7.49. The molecule has 1 unspecified atom stereocenters. The minimum atomic E-state index is -0.377. The number of rotatable bonds is 5. The number of amides is 2. The van der Waals surface area contributed by atoms with Crippen LogP contribution in [0.3, 0.4) is 0 Å². The largest absolute Gasteiger partial charge is 0.465 e. The van der Waals surface area contributed by atoms with E-state index in [9.17, 15) is 9.90 Å². The first-order valence-corrected chi connectivity index (χ1v) is 9.32. The van der Waals surface area contributed by atoms with Gasteiger partial charge in [-0.05, 0) is 17.7 Å². The van der Waals surface area contributed by atoms with E-state index >= 15 is 0 Å². The average molecular weight is 416 g/mol. The fourth-order valence-electron chi connectivity index (χ4n) is 2.38. The van der Waals surface area contributed by atoms with Crippen molar-refractivity contribution >= 4 is 45.7 Å². The number of aliphatic hydroxyl groups is 1. The monoisotopic (exact) mass is 415 g/mol. The number of nitrogens with one attached hydrogen (secondary N) is 2. The number of hydrogen-bond donors (Lipinski definition) is 3. The zero-order valence-electron chi connectivity index (χ0n) is 13.8. The Morgan fingerprint density at radius 2 is 2.23 bits per heavy atom. The molecule has 0 aliphatic carbocycles. The van der Waals surface area contributed by atoms with E-state index in [0.717, 1.165) is 5.56 Å². The fraction of sp³-hybridized carbons (Fsp3) is 0.250. The molecule has 7 nitrogen and oxygen atoms in total. The van der Waals surface area contributed by atoms with Crippen molar-refractivity contribution < 1.29 is 19.4 Å². The summed E-state index contributed by atoms with van der Waals surface area (Å²) in [6.07, 6.45) is 1.61. The highest BCUT2D eigenvalue weighted by Crippen LogP contribution is 2.26. The first kappa shape index (κ1) is 18.9. The number of benzene rings is 1. The van der Waals surface area contributed by atoms with Gasteiger partial charge < -0.3 is 10.4 Å². The van der Waals surface area contributed by atoms with Crippen LogP contribution in [0.4, 0.5) is 9.93 Å². The Morgan fingerprint density at radius 3 is 2.92 bits per heavy atom. The zero-order chi connectivity index (χ0) is 18.7. The molecule has 2 amide bonds. The standard InChI is InChI=1S/C16H16Cl2N4O3S/c1-22(14(23)4-5-25-22)8-11-9-26-16(20-11)21-15(24)19-7-10-2-3-12(17)13(18)6-10/h2-4,6,9H,5,7-8H2,1H3,(H2-,19,20,21,23,24)/p+1. The molecule has 1 atom stereocenters. The first-order chi connectivity index (χ1) is 12.4. The van der Waals surface area contributed by atoms with Crippen LogP contribution in [-0.4, -0.2) is 34.4 Å². The summed E-state index contributed by atoms with van der Waals surface area (Å²) >= 11 is 13.1. The summed E-state index contributed by atoms with van der Waals surface area (Å²) in [5.41, 5.74) is 1.54. The number of nitrogens with zero attached hydrogens (tertiary/aromatic N) is 2. The van der Waals surface area contributed by atoms with E-state index in [2.05, 4.69) is 15.6 Å². The lowest BCUT2D eigenvalue weighted by molar-refractivity contribution is -1.07. The van der Waals surface area contributed by atoms with Gasteiger partial charge in [-0.15, -0.1) is 16.0 Å². The van der Waals surface area contributed by atoms with Crippen LogP contribution in [-0.2, 0) is 17.9 Å². The number of halogens is 2. The fourth-order valence-corrected chi connectivity index (χ4v) is 3.40. The Bertz CT molecular complexity index is 858. The van der Waals surface area contributed by atoms with Crippen LogP contribution >= 0.6 is 34.5 Å². The van der Waals surface area contributed by atoms with Crippen molar-refractivity contribution in [3.8, 4) is 0 Å². The number of hydroxylamine groups is 3. The Kier molecular flexibility index (Phi) is 5.69. The molecule has 10 heteroatoms. The van der Waals surface area contributed by atoms with Gasteiger partial charge in [0.15, 0.2) is 11.7 Å². The molecule has 0 bridgehead atoms. The molecule has 1 aromatic heterocycles. The van der Waals surface area contributed by atoms with Crippen molar-refractivity contribution in [1.29, 1.82) is 0 Å². The lowest BCUT2D eigenvalue weighted by Gasteiger charge is -2.23. The van der Waals surface area contributed by atoms with Crippen LogP contribution in [0.1, 0.15) is 11.3 Å². The summed E-state index contributed by atoms with van der Waals surface area (Å²) in [6.45, 7) is 1.03. The predicted octanol–water partition coefficient (Wildman–Crippen LogP) is 4.06. The SMILES string of the molecule is C[N+]1(Cc2csc(NC(=O)NCc3ccc(Cl)c(Cl)c3)n2)OCC=C1O. The van der Waals surface area contributed by atoms with Gasteiger partial charge in [-0.3, -0.25) is 5.32 Å². The number of urea groups is 1. The Balaban J connectivity index is 1.53. The second kappa shape index (κ2) is 7.81. The summed E-state index contributed by atoms with van der Waals surface area (Å²) in [6, 6.07) is 4.79. The lowest BCUT2D eigenvalue weighted by Crippen LogP contribution is -2.38. The predicted molar refractivity (Wildman–Crippen MR) is 101 cm³/mol. The van der Waals surface area contributed by atoms with Crippen molar-refractivity contribution in [3.63, 3.8) is 0 Å². The van der Waals surface area contributed by atoms with E-state index in [1.54, 1.807) is 31.3 Å². The summed E-state index contributed by atoms with van der Waals surface area (Å²) in [7, 11) is 1.75. The molecule has 26 heavy (non-hydrogen) atoms. The Hall–Kier alpha value is -1.84. The number of hydrogen-bond acceptors (Lipinski definition) is 5. The van der Waals surface area contributed by atoms with E-state index in [1.807, 2.05) is 5.38 Å². The zero-order valence-corrected chi connectivity index (χ0v) is 16.2. The van der Waals surface area contributed by atoms with E-state index in [0.29, 0.717) is 40.6 Å². The maximum atomic E-state index is 12.0. The molecule has 0 spiro atoms. The first-order valence-electron chi connectivity index (χ1n) is 7.69. The number of aromatic nitrogens is 1. The molecule has 2 aromatic rings. The molecule has 1 aliphatic rings. The van der Waals surface area contributed by atoms with Crippen LogP contribution in [0.15, 0.2) is 35.5 Å². The maximum absolute atomic E-state index is 12.0. The quantitative estimate of drug-likeness (QED) is 0.642. The van der Waals surface area contributed by atoms with E-state index in [1.165, 1.54) is 11.3 Å². The summed E-state index contributed by atoms with van der Waals surface area (Å²) in [5.74, 6) is 0.145. The van der Waals surface area contributed by atoms with Crippen LogP contribution in [0.5, 0.6) is 0 Å². The molecule has 1 aliphatic heterocycles. The van der Waals surface area contributed by atoms with Crippen molar-refractivity contribution in [3.05, 3.63) is 56.8 Å². The topological polar surface area (TPSA) is 83.5 Å². The molecular formula is C16H17Cl2N4O3S+. The third-order valence-electron chi connectivity index (χ3n) is 3.78. The van der Waals surface area contributed by atoms with Crippen LogP contribution in [0.25, 0.3) is 0 Å². The second-order valence-electron chi connectivity index (χ2n) is 5.82. The van der Waals surface area contributed by atoms with Crippen molar-refractivity contribution in [1.82, 2.24) is 10.3 Å². The molecule has 0 saturated heterocycles. The van der Waals surface area contributed by atoms with E-state index < -0.39 is 0 Å². The average Bonchev–Trinajstić information content (AvgIpc) is 3.15. The van der Waals surface area contributed by atoms with Gasteiger partial charge in [-0.25, -0.2) is 9.78 Å². The van der Waals surface area contributed by atoms with Crippen LogP contribution < -0.4 is 10.6 Å². The third kappa shape index (κ3) is 4.46. The molecule has 0 fully saturated rings. The van der Waals surface area contributed by atoms with Gasteiger partial charge in [-0.1, -0.05) is 29.3 Å². The highest BCUT2D eigenvalue weighted by atomic mass is 35.5. The number of thiazole rings is 1. The molecule has 2 heterocycles. The molecule has 138 valence electrons. The smallest absolute Gasteiger partial charge is 0.321 e.